The first-order valence-electron chi connectivity index (χ1n) is 14.1. The number of hydrogen-bond acceptors (Lipinski definition) is 4. The summed E-state index contributed by atoms with van der Waals surface area (Å²) in [6.07, 6.45) is 1.71. The summed E-state index contributed by atoms with van der Waals surface area (Å²) in [7, 11) is -3.61. The first-order valence-corrected chi connectivity index (χ1v) is 15.9. The number of benzene rings is 3. The van der Waals surface area contributed by atoms with Crippen LogP contribution in [0.3, 0.4) is 0 Å². The first-order chi connectivity index (χ1) is 19.6. The topological polar surface area (TPSA) is 86.8 Å². The number of sulfonamides is 1. The van der Waals surface area contributed by atoms with E-state index in [1.807, 2.05) is 83.1 Å². The SMILES string of the molecule is Cc1ccc(C)c(N(CCCC(=O)N(Cc2ccc(F)cc2)C(Cc2ccccc2)C(=O)NC(C)(C)C)S(C)(=O)=O)c1. The van der Waals surface area contributed by atoms with Crippen molar-refractivity contribution in [1.82, 2.24) is 10.2 Å². The smallest absolute Gasteiger partial charge is 0.243 e. The molecule has 1 N–H and O–H groups in total. The number of rotatable bonds is 12. The van der Waals surface area contributed by atoms with E-state index in [1.165, 1.54) is 21.3 Å². The lowest BCUT2D eigenvalue weighted by atomic mass is 10.00. The molecule has 0 fully saturated rings. The predicted octanol–water partition coefficient (Wildman–Crippen LogP) is 5.54. The van der Waals surface area contributed by atoms with Crippen LogP contribution < -0.4 is 9.62 Å². The monoisotopic (exact) mass is 595 g/mol. The Morgan fingerprint density at radius 1 is 0.929 bits per heavy atom. The van der Waals surface area contributed by atoms with Crippen LogP contribution in [-0.2, 0) is 32.6 Å². The maximum absolute atomic E-state index is 13.9. The molecule has 2 amide bonds. The number of amides is 2. The van der Waals surface area contributed by atoms with Crippen LogP contribution in [0, 0.1) is 19.7 Å². The van der Waals surface area contributed by atoms with Gasteiger partial charge in [0.25, 0.3) is 0 Å². The molecule has 1 unspecified atom stereocenters. The van der Waals surface area contributed by atoms with Crippen LogP contribution in [0.2, 0.25) is 0 Å². The van der Waals surface area contributed by atoms with Crippen LogP contribution in [-0.4, -0.2) is 49.5 Å². The Morgan fingerprint density at radius 2 is 1.57 bits per heavy atom. The van der Waals surface area contributed by atoms with Crippen molar-refractivity contribution in [2.45, 2.75) is 72.0 Å². The highest BCUT2D eigenvalue weighted by molar-refractivity contribution is 7.92. The van der Waals surface area contributed by atoms with Crippen molar-refractivity contribution in [2.75, 3.05) is 17.1 Å². The van der Waals surface area contributed by atoms with E-state index in [-0.39, 0.29) is 44.2 Å². The quantitative estimate of drug-likeness (QED) is 0.298. The summed E-state index contributed by atoms with van der Waals surface area (Å²) in [6.45, 7) is 9.59. The van der Waals surface area contributed by atoms with E-state index in [0.29, 0.717) is 11.3 Å². The Bertz CT molecular complexity index is 1470. The third-order valence-electron chi connectivity index (χ3n) is 6.82. The molecule has 0 bridgehead atoms. The van der Waals surface area contributed by atoms with Crippen LogP contribution in [0.4, 0.5) is 10.1 Å². The third-order valence-corrected chi connectivity index (χ3v) is 8.00. The number of anilines is 1. The number of aryl methyl sites for hydroxylation is 2. The molecule has 1 atom stereocenters. The van der Waals surface area contributed by atoms with Crippen molar-refractivity contribution < 1.29 is 22.4 Å². The molecule has 42 heavy (non-hydrogen) atoms. The second kappa shape index (κ2) is 14.0. The molecule has 0 aliphatic carbocycles. The first kappa shape index (κ1) is 32.8. The molecule has 0 heterocycles. The Balaban J connectivity index is 1.92. The number of hydrogen-bond donors (Lipinski definition) is 1. The van der Waals surface area contributed by atoms with Gasteiger partial charge in [-0.1, -0.05) is 54.6 Å². The summed E-state index contributed by atoms with van der Waals surface area (Å²) in [6, 6.07) is 20.1. The minimum Gasteiger partial charge on any atom is -0.350 e. The molecule has 7 nitrogen and oxygen atoms in total. The zero-order valence-electron chi connectivity index (χ0n) is 25.4. The van der Waals surface area contributed by atoms with Gasteiger partial charge in [-0.2, -0.15) is 0 Å². The molecule has 0 radical (unpaired) electrons. The van der Waals surface area contributed by atoms with Crippen molar-refractivity contribution in [3.05, 3.63) is 101 Å². The molecular weight excluding hydrogens is 553 g/mol. The molecule has 9 heteroatoms. The number of carbonyl (C=O) groups is 2. The average molecular weight is 596 g/mol. The summed E-state index contributed by atoms with van der Waals surface area (Å²) < 4.78 is 40.5. The molecule has 3 rings (SSSR count). The van der Waals surface area contributed by atoms with Crippen molar-refractivity contribution in [3.8, 4) is 0 Å². The molecule has 0 saturated heterocycles. The van der Waals surface area contributed by atoms with Crippen molar-refractivity contribution in [3.63, 3.8) is 0 Å². The van der Waals surface area contributed by atoms with Gasteiger partial charge in [0.2, 0.25) is 21.8 Å². The third kappa shape index (κ3) is 9.69. The van der Waals surface area contributed by atoms with Gasteiger partial charge in [0.15, 0.2) is 0 Å². The summed E-state index contributed by atoms with van der Waals surface area (Å²) in [5.41, 5.74) is 3.37. The van der Waals surface area contributed by atoms with E-state index >= 15 is 0 Å². The molecule has 0 spiro atoms. The summed E-state index contributed by atoms with van der Waals surface area (Å²) in [5, 5.41) is 3.02. The fourth-order valence-corrected chi connectivity index (χ4v) is 5.78. The highest BCUT2D eigenvalue weighted by Gasteiger charge is 2.32. The fraction of sp³-hybridized carbons (Fsp3) is 0.394. The van der Waals surface area contributed by atoms with E-state index in [4.69, 9.17) is 0 Å². The van der Waals surface area contributed by atoms with Gasteiger partial charge in [0, 0.05) is 31.5 Å². The molecule has 0 aromatic heterocycles. The van der Waals surface area contributed by atoms with Gasteiger partial charge in [0.1, 0.15) is 11.9 Å². The number of nitrogens with one attached hydrogen (secondary N) is 1. The standard InChI is InChI=1S/C33H42FN3O4S/c1-24-14-15-25(2)29(21-24)37(42(6,40)41)20-10-13-31(38)36(23-27-16-18-28(34)19-17-27)30(32(39)35-33(3,4)5)22-26-11-8-7-9-12-26/h7-9,11-12,14-19,21,30H,10,13,20,22-23H2,1-6H3,(H,35,39). The minimum atomic E-state index is -3.61. The van der Waals surface area contributed by atoms with Gasteiger partial charge in [-0.25, -0.2) is 12.8 Å². The summed E-state index contributed by atoms with van der Waals surface area (Å²) in [5.74, 6) is -0.982. The Hall–Kier alpha value is -3.72. The molecule has 3 aromatic carbocycles. The van der Waals surface area contributed by atoms with Crippen LogP contribution in [0.25, 0.3) is 0 Å². The lowest BCUT2D eigenvalue weighted by Crippen LogP contribution is -2.54. The van der Waals surface area contributed by atoms with E-state index in [1.54, 1.807) is 12.1 Å². The van der Waals surface area contributed by atoms with E-state index < -0.39 is 27.4 Å². The molecule has 0 aliphatic heterocycles. The molecular formula is C33H42FN3O4S. The zero-order valence-corrected chi connectivity index (χ0v) is 26.2. The molecule has 3 aromatic rings. The van der Waals surface area contributed by atoms with Crippen molar-refractivity contribution in [2.24, 2.45) is 0 Å². The van der Waals surface area contributed by atoms with Crippen LogP contribution >= 0.6 is 0 Å². The Labute approximate surface area is 249 Å². The lowest BCUT2D eigenvalue weighted by Gasteiger charge is -2.34. The molecule has 226 valence electrons. The minimum absolute atomic E-state index is 0.0200. The Kier molecular flexibility index (Phi) is 10.9. The second-order valence-electron chi connectivity index (χ2n) is 11.8. The van der Waals surface area contributed by atoms with Crippen molar-refractivity contribution in [1.29, 1.82) is 0 Å². The fourth-order valence-electron chi connectivity index (χ4n) is 4.76. The van der Waals surface area contributed by atoms with E-state index in [2.05, 4.69) is 5.32 Å². The van der Waals surface area contributed by atoms with Gasteiger partial charge in [-0.15, -0.1) is 0 Å². The molecule has 0 saturated carbocycles. The van der Waals surface area contributed by atoms with Gasteiger partial charge in [0.05, 0.1) is 11.9 Å². The van der Waals surface area contributed by atoms with Crippen molar-refractivity contribution >= 4 is 27.5 Å². The maximum Gasteiger partial charge on any atom is 0.243 e. The second-order valence-corrected chi connectivity index (χ2v) is 13.7. The number of nitrogens with zero attached hydrogens (tertiary/aromatic N) is 2. The van der Waals surface area contributed by atoms with Gasteiger partial charge < -0.3 is 10.2 Å². The summed E-state index contributed by atoms with van der Waals surface area (Å²) >= 11 is 0. The Morgan fingerprint density at radius 3 is 2.17 bits per heavy atom. The largest absolute Gasteiger partial charge is 0.350 e. The van der Waals surface area contributed by atoms with E-state index in [9.17, 15) is 22.4 Å². The number of halogens is 1. The predicted molar refractivity (Wildman–Crippen MR) is 166 cm³/mol. The van der Waals surface area contributed by atoms with Crippen LogP contribution in [0.1, 0.15) is 55.9 Å². The normalized spacial score (nSPS) is 12.5. The average Bonchev–Trinajstić information content (AvgIpc) is 2.90. The molecule has 0 aliphatic rings. The van der Waals surface area contributed by atoms with E-state index in [0.717, 1.165) is 22.9 Å². The number of carbonyl (C=O) groups excluding carboxylic acids is 2. The lowest BCUT2D eigenvalue weighted by molar-refractivity contribution is -0.142. The van der Waals surface area contributed by atoms with Gasteiger partial charge in [-0.3, -0.25) is 13.9 Å². The summed E-state index contributed by atoms with van der Waals surface area (Å²) in [4.78, 5) is 29.1. The maximum atomic E-state index is 13.9. The van der Waals surface area contributed by atoms with Gasteiger partial charge in [-0.05, 0) is 81.5 Å². The highest BCUT2D eigenvalue weighted by Crippen LogP contribution is 2.25. The zero-order chi connectivity index (χ0) is 31.1. The van der Waals surface area contributed by atoms with Crippen LogP contribution in [0.5, 0.6) is 0 Å². The highest BCUT2D eigenvalue weighted by atomic mass is 32.2. The van der Waals surface area contributed by atoms with Gasteiger partial charge >= 0.3 is 0 Å². The van der Waals surface area contributed by atoms with Crippen LogP contribution in [0.15, 0.2) is 72.8 Å².